The molecule has 0 saturated heterocycles. The van der Waals surface area contributed by atoms with E-state index in [4.69, 9.17) is 32.3 Å². The van der Waals surface area contributed by atoms with Gasteiger partial charge in [0.2, 0.25) is 0 Å². The molecule has 5 unspecified atom stereocenters. The number of carbonyl (C=O) groups excluding carboxylic acids is 3. The van der Waals surface area contributed by atoms with Crippen LogP contribution in [0.3, 0.4) is 0 Å². The van der Waals surface area contributed by atoms with Crippen LogP contribution < -0.4 is 0 Å². The Morgan fingerprint density at radius 2 is 0.558 bits per heavy atom. The van der Waals surface area contributed by atoms with Gasteiger partial charge in [-0.05, 0) is 122 Å². The molecule has 0 spiro atoms. The number of aliphatic hydroxyl groups excluding tert-OH is 2. The fraction of sp³-hybridized carbons (Fsp3) is 0.753. The van der Waals surface area contributed by atoms with E-state index in [1.54, 1.807) is 0 Å². The van der Waals surface area contributed by atoms with Crippen LogP contribution in [0.25, 0.3) is 0 Å². The predicted molar refractivity (Wildman–Crippen MR) is 390 cm³/mol. The van der Waals surface area contributed by atoms with Crippen LogP contribution in [-0.2, 0) is 55.8 Å². The van der Waals surface area contributed by atoms with Gasteiger partial charge in [0.25, 0.3) is 0 Å². The molecule has 5 atom stereocenters. The molecule has 4 N–H and O–H groups in total. The fourth-order valence-electron chi connectivity index (χ4n) is 10.0. The van der Waals surface area contributed by atoms with Crippen LogP contribution in [0.2, 0.25) is 0 Å². The minimum absolute atomic E-state index is 0.0929. The molecule has 0 heterocycles. The number of carbonyl (C=O) groups is 3. The molecular weight excluding hydrogens is 1240 g/mol. The van der Waals surface area contributed by atoms with E-state index in [9.17, 15) is 43.5 Å². The quantitative estimate of drug-likeness (QED) is 0.0146. The van der Waals surface area contributed by atoms with Crippen molar-refractivity contribution in [3.05, 3.63) is 97.2 Å². The number of hydrogen-bond acceptors (Lipinski definition) is 14. The maximum absolute atomic E-state index is 12.9. The lowest BCUT2D eigenvalue weighted by atomic mass is 10.0. The molecule has 0 aliphatic carbocycles. The van der Waals surface area contributed by atoms with Gasteiger partial charge in [0.15, 0.2) is 6.10 Å². The molecule has 0 amide bonds. The topological polar surface area (TPSA) is 231 Å². The lowest BCUT2D eigenvalue weighted by Crippen LogP contribution is -2.30. The SMILES string of the molecule is CC/C=C\C/C=C\C/C=C\C/C=C\C/C=C\CCCCCCCCCCCCCCCC(=O)OCC(O)COP(=O)(O)OCC(O)COP(=O)(O)OCC(COC(=O)CCCCCCC/C=C\C/C=C\CCCCC)OC(=O)CCCCCCC/C=C\CCCCCCCC. The summed E-state index contributed by atoms with van der Waals surface area (Å²) in [6.45, 7) is 2.53. The molecule has 550 valence electrons. The van der Waals surface area contributed by atoms with Crippen LogP contribution in [0.15, 0.2) is 97.2 Å². The van der Waals surface area contributed by atoms with Gasteiger partial charge < -0.3 is 34.2 Å². The van der Waals surface area contributed by atoms with Crippen LogP contribution in [0.1, 0.15) is 316 Å². The molecule has 0 aromatic rings. The van der Waals surface area contributed by atoms with E-state index < -0.39 is 91.5 Å². The Kier molecular flexibility index (Phi) is 67.7. The van der Waals surface area contributed by atoms with E-state index in [-0.39, 0.29) is 19.3 Å². The van der Waals surface area contributed by atoms with Gasteiger partial charge in [-0.1, -0.05) is 272 Å². The van der Waals surface area contributed by atoms with E-state index in [0.29, 0.717) is 19.3 Å². The van der Waals surface area contributed by atoms with Gasteiger partial charge in [0, 0.05) is 19.3 Å². The number of hydrogen-bond donors (Lipinski definition) is 4. The van der Waals surface area contributed by atoms with Crippen molar-refractivity contribution in [3.8, 4) is 0 Å². The number of esters is 3. The minimum atomic E-state index is -4.93. The van der Waals surface area contributed by atoms with Crippen LogP contribution in [0, 0.1) is 0 Å². The van der Waals surface area contributed by atoms with E-state index in [0.717, 1.165) is 141 Å². The number of unbranched alkanes of at least 4 members (excludes halogenated alkanes) is 32. The zero-order valence-corrected chi connectivity index (χ0v) is 61.6. The van der Waals surface area contributed by atoms with E-state index in [1.807, 2.05) is 0 Å². The highest BCUT2D eigenvalue weighted by atomic mass is 31.2. The van der Waals surface area contributed by atoms with Gasteiger partial charge >= 0.3 is 33.6 Å². The second-order valence-electron chi connectivity index (χ2n) is 25.1. The maximum Gasteiger partial charge on any atom is 0.472 e. The van der Waals surface area contributed by atoms with Crippen LogP contribution in [0.5, 0.6) is 0 Å². The first kappa shape index (κ1) is 91.5. The summed E-state index contributed by atoms with van der Waals surface area (Å²) in [7, 11) is -9.78. The zero-order chi connectivity index (χ0) is 69.5. The number of rotatable bonds is 71. The van der Waals surface area contributed by atoms with Gasteiger partial charge in [-0.2, -0.15) is 0 Å². The summed E-state index contributed by atoms with van der Waals surface area (Å²) < 4.78 is 61.0. The second kappa shape index (κ2) is 70.3. The number of allylic oxidation sites excluding steroid dienone is 16. The molecule has 0 aromatic heterocycles. The molecule has 0 aliphatic heterocycles. The van der Waals surface area contributed by atoms with Crippen molar-refractivity contribution in [2.24, 2.45) is 0 Å². The van der Waals surface area contributed by atoms with Crippen molar-refractivity contribution < 1.29 is 75.8 Å². The normalized spacial score (nSPS) is 14.6. The number of ether oxygens (including phenoxy) is 3. The number of phosphoric ester groups is 2. The first-order valence-corrected chi connectivity index (χ1v) is 40.5. The van der Waals surface area contributed by atoms with Gasteiger partial charge in [-0.3, -0.25) is 32.5 Å². The molecule has 95 heavy (non-hydrogen) atoms. The van der Waals surface area contributed by atoms with Crippen molar-refractivity contribution in [3.63, 3.8) is 0 Å². The molecular formula is C77H136O16P2. The van der Waals surface area contributed by atoms with Crippen molar-refractivity contribution in [1.82, 2.24) is 0 Å². The highest BCUT2D eigenvalue weighted by molar-refractivity contribution is 7.47. The third-order valence-corrected chi connectivity index (χ3v) is 17.7. The third kappa shape index (κ3) is 71.6. The molecule has 0 saturated carbocycles. The molecule has 0 aromatic carbocycles. The smallest absolute Gasteiger partial charge is 0.463 e. The summed E-state index contributed by atoms with van der Waals surface area (Å²) in [6.07, 6.45) is 78.9. The average Bonchev–Trinajstić information content (AvgIpc) is 1.83. The van der Waals surface area contributed by atoms with Crippen molar-refractivity contribution in [2.75, 3.05) is 39.6 Å². The summed E-state index contributed by atoms with van der Waals surface area (Å²) in [5.41, 5.74) is 0. The summed E-state index contributed by atoms with van der Waals surface area (Å²) >= 11 is 0. The molecule has 0 rings (SSSR count). The van der Waals surface area contributed by atoms with Crippen LogP contribution in [-0.4, -0.2) is 95.9 Å². The van der Waals surface area contributed by atoms with Gasteiger partial charge in [-0.25, -0.2) is 9.13 Å². The second-order valence-corrected chi connectivity index (χ2v) is 28.0. The van der Waals surface area contributed by atoms with Crippen molar-refractivity contribution >= 4 is 33.6 Å². The summed E-state index contributed by atoms with van der Waals surface area (Å²) in [5, 5.41) is 20.6. The maximum atomic E-state index is 12.9. The van der Waals surface area contributed by atoms with Gasteiger partial charge in [0.05, 0.1) is 26.4 Å². The largest absolute Gasteiger partial charge is 0.472 e. The Morgan fingerprint density at radius 3 is 0.916 bits per heavy atom. The summed E-state index contributed by atoms with van der Waals surface area (Å²) in [4.78, 5) is 58.5. The fourth-order valence-corrected chi connectivity index (χ4v) is 11.6. The standard InChI is InChI=1S/C77H136O16P2/c1-4-7-10-13-16-19-22-25-28-29-30-31-32-33-34-35-36-37-38-39-40-41-44-46-48-51-54-57-60-63-75(80)87-66-72(78)67-89-94(83,84)90-68-73(79)69-91-95(85,86)92-71-74(93-77(82)65-62-59-56-53-50-47-43-27-24-21-18-15-12-9-6-3)70-88-76(81)64-61-58-55-52-49-45-42-26-23-20-17-14-11-8-5-2/h7,10,16-17,19-20,25-28,30-31,33-34,42-43,72-74,78-79H,4-6,8-9,11-15,18,21-24,29,32,35-41,44-71H2,1-3H3,(H,83,84)(H,85,86)/b10-7-,19-16-,20-17-,28-25-,31-30-,34-33-,42-26-,43-27-. The predicted octanol–water partition coefficient (Wildman–Crippen LogP) is 21.4. The molecule has 0 aliphatic rings. The Labute approximate surface area is 578 Å². The highest BCUT2D eigenvalue weighted by Crippen LogP contribution is 2.45. The molecule has 16 nitrogen and oxygen atoms in total. The van der Waals surface area contributed by atoms with E-state index >= 15 is 0 Å². The Morgan fingerprint density at radius 1 is 0.305 bits per heavy atom. The van der Waals surface area contributed by atoms with E-state index in [1.165, 1.54) is 116 Å². The third-order valence-electron chi connectivity index (χ3n) is 15.8. The van der Waals surface area contributed by atoms with E-state index in [2.05, 4.69) is 118 Å². The Hall–Kier alpha value is -3.53. The van der Waals surface area contributed by atoms with Crippen LogP contribution in [0.4, 0.5) is 0 Å². The van der Waals surface area contributed by atoms with Crippen LogP contribution >= 0.6 is 15.6 Å². The number of aliphatic hydroxyl groups is 2. The molecule has 0 fully saturated rings. The molecule has 0 bridgehead atoms. The summed E-state index contributed by atoms with van der Waals surface area (Å²) in [5.74, 6) is -1.59. The first-order chi connectivity index (χ1) is 46.2. The van der Waals surface area contributed by atoms with Gasteiger partial charge in [0.1, 0.15) is 25.4 Å². The lowest BCUT2D eigenvalue weighted by Gasteiger charge is -2.21. The minimum Gasteiger partial charge on any atom is -0.463 e. The average molecular weight is 1380 g/mol. The van der Waals surface area contributed by atoms with Crippen molar-refractivity contribution in [2.45, 2.75) is 334 Å². The lowest BCUT2D eigenvalue weighted by molar-refractivity contribution is -0.161. The van der Waals surface area contributed by atoms with Gasteiger partial charge in [-0.15, -0.1) is 0 Å². The first-order valence-electron chi connectivity index (χ1n) is 37.5. The number of phosphoric acid groups is 2. The zero-order valence-electron chi connectivity index (χ0n) is 59.8. The highest BCUT2D eigenvalue weighted by Gasteiger charge is 2.29. The molecule has 0 radical (unpaired) electrons. The molecule has 18 heteroatoms. The monoisotopic (exact) mass is 1380 g/mol. The Bertz CT molecular complexity index is 2120. The Balaban J connectivity index is 4.48. The summed E-state index contributed by atoms with van der Waals surface area (Å²) in [6, 6.07) is 0. The van der Waals surface area contributed by atoms with Crippen molar-refractivity contribution in [1.29, 1.82) is 0 Å².